The number of nitrogens with one attached hydrogen (secondary N) is 2. The number of hydrogen-bond donors (Lipinski definition) is 2. The molecule has 1 saturated carbocycles. The van der Waals surface area contributed by atoms with Crippen molar-refractivity contribution in [2.75, 3.05) is 20.1 Å². The molecule has 1 aromatic carbocycles. The minimum Gasteiger partial charge on any atom is -0.356 e. The van der Waals surface area contributed by atoms with E-state index in [0.29, 0.717) is 0 Å². The normalized spacial score (nSPS) is 17.0. The minimum atomic E-state index is 0.237. The highest BCUT2D eigenvalue weighted by atomic mass is 15.3. The summed E-state index contributed by atoms with van der Waals surface area (Å²) in [5.74, 6) is 0.865. The van der Waals surface area contributed by atoms with Gasteiger partial charge in [-0.15, -0.1) is 0 Å². The topological polar surface area (TPSA) is 54.2 Å². The van der Waals surface area contributed by atoms with Crippen LogP contribution in [0.4, 0.5) is 0 Å². The summed E-state index contributed by atoms with van der Waals surface area (Å²) in [6, 6.07) is 12.9. The summed E-state index contributed by atoms with van der Waals surface area (Å²) in [7, 11) is 1.83. The Bertz CT molecular complexity index is 627. The molecule has 1 fully saturated rings. The Morgan fingerprint density at radius 1 is 1.17 bits per heavy atom. The fraction of sp³-hybridized carbons (Fsp3) is 0.474. The molecule has 5 nitrogen and oxygen atoms in total. The van der Waals surface area contributed by atoms with Crippen molar-refractivity contribution in [2.45, 2.75) is 37.6 Å². The molecular weight excluding hydrogens is 298 g/mol. The molecule has 2 aromatic rings. The molecule has 5 heteroatoms. The molecule has 1 aliphatic carbocycles. The molecule has 24 heavy (non-hydrogen) atoms. The van der Waals surface area contributed by atoms with Gasteiger partial charge in [-0.2, -0.15) is 5.10 Å². The Morgan fingerprint density at radius 2 is 1.96 bits per heavy atom. The molecule has 0 radical (unpaired) electrons. The lowest BCUT2D eigenvalue weighted by atomic mass is 9.79. The molecule has 0 amide bonds. The van der Waals surface area contributed by atoms with Gasteiger partial charge in [-0.05, 0) is 24.5 Å². The van der Waals surface area contributed by atoms with Crippen LogP contribution in [0.1, 0.15) is 31.2 Å². The summed E-state index contributed by atoms with van der Waals surface area (Å²) in [5.41, 5.74) is 1.68. The van der Waals surface area contributed by atoms with E-state index in [9.17, 15) is 0 Å². The molecule has 0 bridgehead atoms. The second-order valence-electron chi connectivity index (χ2n) is 6.48. The summed E-state index contributed by atoms with van der Waals surface area (Å²) in [4.78, 5) is 4.36. The number of nitrogens with zero attached hydrogens (tertiary/aromatic N) is 3. The summed E-state index contributed by atoms with van der Waals surface area (Å²) in [6.45, 7) is 2.57. The second kappa shape index (κ2) is 7.99. The number of rotatable bonds is 6. The Balaban J connectivity index is 1.55. The smallest absolute Gasteiger partial charge is 0.191 e. The molecule has 0 unspecified atom stereocenters. The van der Waals surface area contributed by atoms with Crippen LogP contribution in [0.15, 0.2) is 53.8 Å². The first kappa shape index (κ1) is 16.6. The molecule has 3 rings (SSSR count). The van der Waals surface area contributed by atoms with Crippen molar-refractivity contribution in [1.82, 2.24) is 20.4 Å². The van der Waals surface area contributed by atoms with Crippen LogP contribution < -0.4 is 10.6 Å². The molecule has 2 N–H and O–H groups in total. The van der Waals surface area contributed by atoms with Gasteiger partial charge < -0.3 is 10.6 Å². The first-order chi connectivity index (χ1) is 11.8. The first-order valence-corrected chi connectivity index (χ1v) is 8.80. The standard InChI is InChI=1S/C19H27N5/c1-20-18(21-13-15-24-14-7-12-23-24)22-16-19(10-5-6-11-19)17-8-3-2-4-9-17/h2-4,7-9,12,14H,5-6,10-11,13,15-16H2,1H3,(H2,20,21,22). The van der Waals surface area contributed by atoms with Crippen LogP contribution in [0.5, 0.6) is 0 Å². The molecule has 0 saturated heterocycles. The van der Waals surface area contributed by atoms with Gasteiger partial charge in [-0.1, -0.05) is 43.2 Å². The quantitative estimate of drug-likeness (QED) is 0.634. The Labute approximate surface area is 144 Å². The lowest BCUT2D eigenvalue weighted by molar-refractivity contribution is 0.431. The van der Waals surface area contributed by atoms with E-state index in [4.69, 9.17) is 0 Å². The van der Waals surface area contributed by atoms with Crippen LogP contribution in [0.3, 0.4) is 0 Å². The first-order valence-electron chi connectivity index (χ1n) is 8.80. The molecule has 0 atom stereocenters. The van der Waals surface area contributed by atoms with E-state index in [1.54, 1.807) is 6.20 Å². The van der Waals surface area contributed by atoms with Crippen molar-refractivity contribution >= 4 is 5.96 Å². The third-order valence-corrected chi connectivity index (χ3v) is 4.96. The third kappa shape index (κ3) is 3.96. The largest absolute Gasteiger partial charge is 0.356 e. The highest BCUT2D eigenvalue weighted by Gasteiger charge is 2.35. The van der Waals surface area contributed by atoms with Gasteiger partial charge in [0.2, 0.25) is 0 Å². The van der Waals surface area contributed by atoms with Crippen molar-refractivity contribution in [3.8, 4) is 0 Å². The van der Waals surface area contributed by atoms with E-state index in [0.717, 1.165) is 25.6 Å². The third-order valence-electron chi connectivity index (χ3n) is 4.96. The van der Waals surface area contributed by atoms with Gasteiger partial charge in [-0.3, -0.25) is 9.67 Å². The number of guanidine groups is 1. The van der Waals surface area contributed by atoms with Crippen LogP contribution in [0, 0.1) is 0 Å². The number of aromatic nitrogens is 2. The molecule has 1 aliphatic rings. The van der Waals surface area contributed by atoms with E-state index in [1.807, 2.05) is 24.0 Å². The van der Waals surface area contributed by atoms with Crippen LogP contribution in [-0.2, 0) is 12.0 Å². The zero-order valence-electron chi connectivity index (χ0n) is 14.4. The molecule has 128 valence electrons. The van der Waals surface area contributed by atoms with E-state index in [1.165, 1.54) is 31.2 Å². The van der Waals surface area contributed by atoms with E-state index in [-0.39, 0.29) is 5.41 Å². The Hall–Kier alpha value is -2.30. The van der Waals surface area contributed by atoms with Gasteiger partial charge in [0.15, 0.2) is 5.96 Å². The second-order valence-corrected chi connectivity index (χ2v) is 6.48. The molecule has 0 spiro atoms. The fourth-order valence-electron chi connectivity index (χ4n) is 3.61. The molecule has 0 aliphatic heterocycles. The lowest BCUT2D eigenvalue weighted by Gasteiger charge is -2.30. The number of benzene rings is 1. The van der Waals surface area contributed by atoms with E-state index < -0.39 is 0 Å². The highest BCUT2D eigenvalue weighted by molar-refractivity contribution is 5.79. The highest BCUT2D eigenvalue weighted by Crippen LogP contribution is 2.40. The van der Waals surface area contributed by atoms with Crippen LogP contribution in [0.25, 0.3) is 0 Å². The minimum absolute atomic E-state index is 0.237. The van der Waals surface area contributed by atoms with E-state index in [2.05, 4.69) is 51.1 Å². The molecule has 1 heterocycles. The van der Waals surface area contributed by atoms with Gasteiger partial charge in [0, 0.05) is 37.9 Å². The van der Waals surface area contributed by atoms with Crippen molar-refractivity contribution in [1.29, 1.82) is 0 Å². The fourth-order valence-corrected chi connectivity index (χ4v) is 3.61. The summed E-state index contributed by atoms with van der Waals surface area (Å²) in [6.07, 6.45) is 8.88. The average molecular weight is 325 g/mol. The van der Waals surface area contributed by atoms with E-state index >= 15 is 0 Å². The maximum Gasteiger partial charge on any atom is 0.191 e. The maximum atomic E-state index is 4.36. The zero-order chi connectivity index (χ0) is 16.7. The van der Waals surface area contributed by atoms with Gasteiger partial charge in [0.25, 0.3) is 0 Å². The zero-order valence-corrected chi connectivity index (χ0v) is 14.4. The summed E-state index contributed by atoms with van der Waals surface area (Å²) < 4.78 is 1.92. The van der Waals surface area contributed by atoms with Gasteiger partial charge >= 0.3 is 0 Å². The summed E-state index contributed by atoms with van der Waals surface area (Å²) >= 11 is 0. The average Bonchev–Trinajstić information content (AvgIpc) is 3.31. The monoisotopic (exact) mass is 325 g/mol. The van der Waals surface area contributed by atoms with Gasteiger partial charge in [0.1, 0.15) is 0 Å². The van der Waals surface area contributed by atoms with Crippen LogP contribution in [-0.4, -0.2) is 35.9 Å². The van der Waals surface area contributed by atoms with Gasteiger partial charge in [0.05, 0.1) is 6.54 Å². The van der Waals surface area contributed by atoms with Gasteiger partial charge in [-0.25, -0.2) is 0 Å². The van der Waals surface area contributed by atoms with Crippen molar-refractivity contribution in [3.63, 3.8) is 0 Å². The van der Waals surface area contributed by atoms with Crippen LogP contribution >= 0.6 is 0 Å². The number of aliphatic imine (C=N–C) groups is 1. The molecular formula is C19H27N5. The van der Waals surface area contributed by atoms with Crippen molar-refractivity contribution in [2.24, 2.45) is 4.99 Å². The Morgan fingerprint density at radius 3 is 2.62 bits per heavy atom. The van der Waals surface area contributed by atoms with Crippen molar-refractivity contribution < 1.29 is 0 Å². The molecule has 1 aromatic heterocycles. The maximum absolute atomic E-state index is 4.36. The summed E-state index contributed by atoms with van der Waals surface area (Å²) in [5, 5.41) is 11.1. The predicted octanol–water partition coefficient (Wildman–Crippen LogP) is 2.56. The van der Waals surface area contributed by atoms with Crippen LogP contribution in [0.2, 0.25) is 0 Å². The predicted molar refractivity (Wildman–Crippen MR) is 98.2 cm³/mol. The Kier molecular flexibility index (Phi) is 5.51. The van der Waals surface area contributed by atoms with Crippen molar-refractivity contribution in [3.05, 3.63) is 54.4 Å². The SMILES string of the molecule is CN=C(NCCn1cccn1)NCC1(c2ccccc2)CCCC1. The lowest BCUT2D eigenvalue weighted by Crippen LogP contribution is -2.45. The number of hydrogen-bond acceptors (Lipinski definition) is 2.